The van der Waals surface area contributed by atoms with E-state index >= 15 is 0 Å². The number of carbonyl (C=O) groups is 1. The first-order valence-electron chi connectivity index (χ1n) is 6.72. The second kappa shape index (κ2) is 7.46. The van der Waals surface area contributed by atoms with E-state index in [4.69, 9.17) is 4.74 Å². The van der Waals surface area contributed by atoms with Crippen LogP contribution in [0, 0.1) is 6.92 Å². The topological polar surface area (TPSA) is 38.3 Å². The van der Waals surface area contributed by atoms with Gasteiger partial charge in [-0.3, -0.25) is 4.79 Å². The van der Waals surface area contributed by atoms with Gasteiger partial charge in [-0.25, -0.2) is 0 Å². The molecule has 2 rings (SSSR count). The van der Waals surface area contributed by atoms with Crippen LogP contribution < -0.4 is 5.32 Å². The number of para-hydroxylation sites is 1. The van der Waals surface area contributed by atoms with Crippen LogP contribution in [0.3, 0.4) is 0 Å². The normalized spacial score (nSPS) is 10.2. The maximum absolute atomic E-state index is 11.7. The molecule has 0 aliphatic heterocycles. The average Bonchev–Trinajstić information content (AvgIpc) is 2.46. The molecule has 0 saturated carbocycles. The van der Waals surface area contributed by atoms with Crippen LogP contribution in [-0.2, 0) is 16.1 Å². The maximum atomic E-state index is 11.7. The Hall–Kier alpha value is -2.13. The zero-order valence-corrected chi connectivity index (χ0v) is 11.6. The monoisotopic (exact) mass is 269 g/mol. The van der Waals surface area contributed by atoms with Crippen LogP contribution in [0.2, 0.25) is 0 Å². The molecule has 104 valence electrons. The Labute approximate surface area is 119 Å². The largest absolute Gasteiger partial charge is 0.376 e. The maximum Gasteiger partial charge on any atom is 0.226 e. The summed E-state index contributed by atoms with van der Waals surface area (Å²) in [5.41, 5.74) is 3.17. The standard InChI is InChI=1S/C17H19NO2/c1-14-7-9-15(10-8-14)13-20-12-11-17(19)18-16-5-3-2-4-6-16/h2-10H,11-13H2,1H3,(H,18,19). The van der Waals surface area contributed by atoms with E-state index in [-0.39, 0.29) is 5.91 Å². The van der Waals surface area contributed by atoms with Gasteiger partial charge in [-0.2, -0.15) is 0 Å². The molecule has 3 nitrogen and oxygen atoms in total. The van der Waals surface area contributed by atoms with E-state index in [1.807, 2.05) is 42.5 Å². The molecule has 0 aliphatic carbocycles. The number of hydrogen-bond donors (Lipinski definition) is 1. The average molecular weight is 269 g/mol. The van der Waals surface area contributed by atoms with Crippen molar-refractivity contribution in [3.8, 4) is 0 Å². The van der Waals surface area contributed by atoms with Gasteiger partial charge in [0.1, 0.15) is 0 Å². The van der Waals surface area contributed by atoms with Crippen molar-refractivity contribution in [3.05, 3.63) is 65.7 Å². The third kappa shape index (κ3) is 4.86. The molecule has 0 saturated heterocycles. The van der Waals surface area contributed by atoms with Crippen molar-refractivity contribution < 1.29 is 9.53 Å². The van der Waals surface area contributed by atoms with E-state index in [1.54, 1.807) is 0 Å². The van der Waals surface area contributed by atoms with Gasteiger partial charge in [-0.05, 0) is 24.6 Å². The molecule has 0 aromatic heterocycles. The van der Waals surface area contributed by atoms with E-state index in [0.717, 1.165) is 11.3 Å². The van der Waals surface area contributed by atoms with Crippen molar-refractivity contribution in [2.45, 2.75) is 20.0 Å². The summed E-state index contributed by atoms with van der Waals surface area (Å²) in [5.74, 6) is -0.0277. The number of nitrogens with one attached hydrogen (secondary N) is 1. The van der Waals surface area contributed by atoms with Crippen molar-refractivity contribution in [1.29, 1.82) is 0 Å². The molecule has 20 heavy (non-hydrogen) atoms. The summed E-state index contributed by atoms with van der Waals surface area (Å²) in [6, 6.07) is 17.6. The molecule has 1 N–H and O–H groups in total. The van der Waals surface area contributed by atoms with Gasteiger partial charge >= 0.3 is 0 Å². The van der Waals surface area contributed by atoms with Crippen LogP contribution >= 0.6 is 0 Å². The molecule has 3 heteroatoms. The van der Waals surface area contributed by atoms with Crippen LogP contribution in [0.5, 0.6) is 0 Å². The fourth-order valence-corrected chi connectivity index (χ4v) is 1.78. The SMILES string of the molecule is Cc1ccc(COCCC(=O)Nc2ccccc2)cc1. The number of anilines is 1. The zero-order valence-electron chi connectivity index (χ0n) is 11.6. The number of aryl methyl sites for hydroxylation is 1. The fourth-order valence-electron chi connectivity index (χ4n) is 1.78. The molecular formula is C17H19NO2. The number of hydrogen-bond acceptors (Lipinski definition) is 2. The second-order valence-corrected chi connectivity index (χ2v) is 4.70. The Morgan fingerprint density at radius 2 is 1.75 bits per heavy atom. The quantitative estimate of drug-likeness (QED) is 0.815. The summed E-state index contributed by atoms with van der Waals surface area (Å²) in [6.45, 7) is 3.02. The van der Waals surface area contributed by atoms with Crippen molar-refractivity contribution in [3.63, 3.8) is 0 Å². The Morgan fingerprint density at radius 3 is 2.45 bits per heavy atom. The number of ether oxygens (including phenoxy) is 1. The summed E-state index contributed by atoms with van der Waals surface area (Å²) >= 11 is 0. The summed E-state index contributed by atoms with van der Waals surface area (Å²) in [6.07, 6.45) is 0.362. The first kappa shape index (κ1) is 14.3. The molecule has 0 atom stereocenters. The summed E-state index contributed by atoms with van der Waals surface area (Å²) in [7, 11) is 0. The van der Waals surface area contributed by atoms with Crippen LogP contribution in [0.25, 0.3) is 0 Å². The van der Waals surface area contributed by atoms with Gasteiger partial charge in [0, 0.05) is 5.69 Å². The van der Waals surface area contributed by atoms with Gasteiger partial charge < -0.3 is 10.1 Å². The first-order chi connectivity index (χ1) is 9.74. The molecule has 0 spiro atoms. The predicted octanol–water partition coefficient (Wildman–Crippen LogP) is 3.54. The summed E-state index contributed by atoms with van der Waals surface area (Å²) < 4.78 is 5.51. The smallest absolute Gasteiger partial charge is 0.226 e. The number of rotatable bonds is 6. The molecule has 0 fully saturated rings. The van der Waals surface area contributed by atoms with Crippen LogP contribution in [0.4, 0.5) is 5.69 Å². The van der Waals surface area contributed by atoms with Crippen molar-refractivity contribution >= 4 is 11.6 Å². The lowest BCUT2D eigenvalue weighted by Crippen LogP contribution is -2.14. The van der Waals surface area contributed by atoms with Crippen LogP contribution in [-0.4, -0.2) is 12.5 Å². The molecule has 0 radical (unpaired) electrons. The van der Waals surface area contributed by atoms with E-state index in [0.29, 0.717) is 19.6 Å². The highest BCUT2D eigenvalue weighted by atomic mass is 16.5. The van der Waals surface area contributed by atoms with Crippen LogP contribution in [0.1, 0.15) is 17.5 Å². The molecule has 0 aliphatic rings. The third-order valence-corrected chi connectivity index (χ3v) is 2.92. The summed E-state index contributed by atoms with van der Waals surface area (Å²) in [4.78, 5) is 11.7. The van der Waals surface area contributed by atoms with E-state index < -0.39 is 0 Å². The number of benzene rings is 2. The van der Waals surface area contributed by atoms with Crippen molar-refractivity contribution in [2.75, 3.05) is 11.9 Å². The molecule has 0 unspecified atom stereocenters. The molecule has 0 bridgehead atoms. The van der Waals surface area contributed by atoms with Gasteiger partial charge in [0.15, 0.2) is 0 Å². The van der Waals surface area contributed by atoms with Gasteiger partial charge in [-0.15, -0.1) is 0 Å². The third-order valence-electron chi connectivity index (χ3n) is 2.92. The highest BCUT2D eigenvalue weighted by molar-refractivity contribution is 5.90. The molecule has 2 aromatic rings. The molecule has 1 amide bonds. The first-order valence-corrected chi connectivity index (χ1v) is 6.72. The van der Waals surface area contributed by atoms with Gasteiger partial charge in [0.25, 0.3) is 0 Å². The molecular weight excluding hydrogens is 250 g/mol. The number of carbonyl (C=O) groups excluding carboxylic acids is 1. The fraction of sp³-hybridized carbons (Fsp3) is 0.235. The Balaban J connectivity index is 1.66. The predicted molar refractivity (Wildman–Crippen MR) is 80.5 cm³/mol. The zero-order chi connectivity index (χ0) is 14.2. The van der Waals surface area contributed by atoms with Crippen molar-refractivity contribution in [1.82, 2.24) is 0 Å². The number of amides is 1. The summed E-state index contributed by atoms with van der Waals surface area (Å²) in [5, 5.41) is 2.83. The minimum atomic E-state index is -0.0277. The Morgan fingerprint density at radius 1 is 1.05 bits per heavy atom. The lowest BCUT2D eigenvalue weighted by molar-refractivity contribution is -0.117. The van der Waals surface area contributed by atoms with Gasteiger partial charge in [0.2, 0.25) is 5.91 Å². The lowest BCUT2D eigenvalue weighted by Gasteiger charge is -2.06. The highest BCUT2D eigenvalue weighted by Crippen LogP contribution is 2.07. The van der Waals surface area contributed by atoms with E-state index in [2.05, 4.69) is 24.4 Å². The molecule has 2 aromatic carbocycles. The van der Waals surface area contributed by atoms with Gasteiger partial charge in [-0.1, -0.05) is 48.0 Å². The van der Waals surface area contributed by atoms with E-state index in [9.17, 15) is 4.79 Å². The highest BCUT2D eigenvalue weighted by Gasteiger charge is 2.02. The Bertz CT molecular complexity index is 535. The van der Waals surface area contributed by atoms with Gasteiger partial charge in [0.05, 0.1) is 19.6 Å². The lowest BCUT2D eigenvalue weighted by atomic mass is 10.2. The minimum absolute atomic E-state index is 0.0277. The molecule has 0 heterocycles. The van der Waals surface area contributed by atoms with E-state index in [1.165, 1.54) is 5.56 Å². The second-order valence-electron chi connectivity index (χ2n) is 4.70. The van der Waals surface area contributed by atoms with Crippen molar-refractivity contribution in [2.24, 2.45) is 0 Å². The Kier molecular flexibility index (Phi) is 5.33. The van der Waals surface area contributed by atoms with Crippen LogP contribution in [0.15, 0.2) is 54.6 Å². The minimum Gasteiger partial charge on any atom is -0.376 e.